The van der Waals surface area contributed by atoms with Gasteiger partial charge in [-0.15, -0.1) is 0 Å². The number of nitrogens with zero attached hydrogens (tertiary/aromatic N) is 3. The Morgan fingerprint density at radius 3 is 2.97 bits per heavy atom. The van der Waals surface area contributed by atoms with Crippen molar-refractivity contribution < 1.29 is 13.9 Å². The van der Waals surface area contributed by atoms with Gasteiger partial charge in [0.25, 0.3) is 5.56 Å². The number of hydrogen-bond donors (Lipinski definition) is 1. The van der Waals surface area contributed by atoms with E-state index in [1.807, 2.05) is 41.0 Å². The molecule has 0 bridgehead atoms. The molecule has 2 saturated heterocycles. The smallest absolute Gasteiger partial charge is 0.254 e. The second-order valence-corrected chi connectivity index (χ2v) is 7.64. The van der Waals surface area contributed by atoms with Gasteiger partial charge < -0.3 is 19.3 Å². The molecule has 0 unspecified atom stereocenters. The number of aromatic amines is 1. The molecule has 3 atom stereocenters. The Bertz CT molecular complexity index is 905. The van der Waals surface area contributed by atoms with Crippen molar-refractivity contribution in [2.24, 2.45) is 0 Å². The predicted octanol–water partition coefficient (Wildman–Crippen LogP) is 2.16. The Balaban J connectivity index is 1.61. The number of aromatic nitrogens is 2. The highest BCUT2D eigenvalue weighted by molar-refractivity contribution is 5.46. The summed E-state index contributed by atoms with van der Waals surface area (Å²) in [5.74, 6) is 1.77. The summed E-state index contributed by atoms with van der Waals surface area (Å²) in [6.07, 6.45) is -0.0402. The van der Waals surface area contributed by atoms with E-state index in [1.54, 1.807) is 7.11 Å². The Kier molecular flexibility index (Phi) is 5.71. The lowest BCUT2D eigenvalue weighted by molar-refractivity contribution is 0.0529. The van der Waals surface area contributed by atoms with Gasteiger partial charge in [-0.3, -0.25) is 9.78 Å². The van der Waals surface area contributed by atoms with Crippen LogP contribution in [0.3, 0.4) is 0 Å². The number of para-hydroxylation sites is 1. The molecular weight excluding hydrogens is 375 g/mol. The van der Waals surface area contributed by atoms with Crippen molar-refractivity contribution in [3.05, 3.63) is 46.2 Å². The molecule has 2 aromatic rings. The van der Waals surface area contributed by atoms with Crippen molar-refractivity contribution in [3.8, 4) is 5.75 Å². The maximum Gasteiger partial charge on any atom is 0.254 e. The fraction of sp³-hybridized carbons (Fsp3) is 0.524. The predicted molar refractivity (Wildman–Crippen MR) is 110 cm³/mol. The van der Waals surface area contributed by atoms with Gasteiger partial charge in [-0.25, -0.2) is 4.39 Å². The molecule has 0 spiro atoms. The van der Waals surface area contributed by atoms with Gasteiger partial charge in [-0.05, 0) is 31.4 Å². The van der Waals surface area contributed by atoms with Crippen LogP contribution in [-0.4, -0.2) is 61.6 Å². The van der Waals surface area contributed by atoms with E-state index < -0.39 is 12.2 Å². The van der Waals surface area contributed by atoms with E-state index in [0.29, 0.717) is 50.8 Å². The minimum absolute atomic E-state index is 0.0774. The molecule has 2 aliphatic heterocycles. The molecule has 0 saturated carbocycles. The number of nitrogens with one attached hydrogen (secondary N) is 1. The molecule has 1 N–H and O–H groups in total. The Hall–Kier alpha value is -2.61. The van der Waals surface area contributed by atoms with Crippen molar-refractivity contribution in [2.45, 2.75) is 38.1 Å². The molecule has 156 valence electrons. The first kappa shape index (κ1) is 19.7. The van der Waals surface area contributed by atoms with E-state index in [1.165, 1.54) is 6.07 Å². The lowest BCUT2D eigenvalue weighted by Crippen LogP contribution is -2.43. The number of halogens is 1. The summed E-state index contributed by atoms with van der Waals surface area (Å²) in [6.45, 7) is 4.45. The van der Waals surface area contributed by atoms with Gasteiger partial charge in [-0.1, -0.05) is 18.2 Å². The van der Waals surface area contributed by atoms with Gasteiger partial charge in [0.15, 0.2) is 0 Å². The second-order valence-electron chi connectivity index (χ2n) is 7.64. The van der Waals surface area contributed by atoms with Crippen LogP contribution < -0.4 is 20.1 Å². The minimum atomic E-state index is -1.00. The fourth-order valence-electron chi connectivity index (χ4n) is 4.17. The Morgan fingerprint density at radius 1 is 1.34 bits per heavy atom. The van der Waals surface area contributed by atoms with Crippen molar-refractivity contribution in [3.63, 3.8) is 0 Å². The molecule has 2 aliphatic rings. The molecule has 0 radical (unpaired) electrons. The zero-order valence-electron chi connectivity index (χ0n) is 16.8. The topological polar surface area (TPSA) is 70.7 Å². The summed E-state index contributed by atoms with van der Waals surface area (Å²) in [4.78, 5) is 23.8. The third kappa shape index (κ3) is 4.22. The van der Waals surface area contributed by atoms with Gasteiger partial charge in [-0.2, -0.15) is 4.98 Å². The number of methoxy groups -OCH3 is 1. The molecule has 29 heavy (non-hydrogen) atoms. The van der Waals surface area contributed by atoms with Crippen molar-refractivity contribution in [2.75, 3.05) is 43.2 Å². The number of morpholine rings is 1. The number of anilines is 2. The number of hydrogen-bond acceptors (Lipinski definition) is 6. The summed E-state index contributed by atoms with van der Waals surface area (Å²) < 4.78 is 25.8. The third-order valence-corrected chi connectivity index (χ3v) is 5.64. The van der Waals surface area contributed by atoms with E-state index >= 15 is 0 Å². The van der Waals surface area contributed by atoms with Crippen LogP contribution in [0.25, 0.3) is 0 Å². The molecule has 0 aliphatic carbocycles. The summed E-state index contributed by atoms with van der Waals surface area (Å²) in [6, 6.07) is 8.73. The van der Waals surface area contributed by atoms with Crippen molar-refractivity contribution in [1.29, 1.82) is 0 Å². The van der Waals surface area contributed by atoms with Crippen LogP contribution in [0.15, 0.2) is 35.1 Å². The lowest BCUT2D eigenvalue weighted by atomic mass is 10.0. The zero-order chi connectivity index (χ0) is 20.4. The first-order chi connectivity index (χ1) is 14.0. The molecule has 0 amide bonds. The zero-order valence-corrected chi connectivity index (χ0v) is 16.8. The van der Waals surface area contributed by atoms with Gasteiger partial charge in [0.05, 0.1) is 25.9 Å². The highest BCUT2D eigenvalue weighted by atomic mass is 19.1. The van der Waals surface area contributed by atoms with Crippen LogP contribution in [0.1, 0.15) is 18.9 Å². The summed E-state index contributed by atoms with van der Waals surface area (Å²) in [5, 5.41) is 0. The highest BCUT2D eigenvalue weighted by Crippen LogP contribution is 2.30. The van der Waals surface area contributed by atoms with E-state index in [9.17, 15) is 9.18 Å². The quantitative estimate of drug-likeness (QED) is 0.827. The third-order valence-electron chi connectivity index (χ3n) is 5.64. The second kappa shape index (κ2) is 8.41. The molecule has 8 heteroatoms. The van der Waals surface area contributed by atoms with Gasteiger partial charge in [0, 0.05) is 25.7 Å². The first-order valence-corrected chi connectivity index (χ1v) is 10.1. The van der Waals surface area contributed by atoms with Gasteiger partial charge in [0.1, 0.15) is 17.7 Å². The Labute approximate surface area is 169 Å². The van der Waals surface area contributed by atoms with Gasteiger partial charge >= 0.3 is 0 Å². The minimum Gasteiger partial charge on any atom is -0.496 e. The molecule has 1 aromatic heterocycles. The number of benzene rings is 1. The van der Waals surface area contributed by atoms with Crippen LogP contribution in [0.5, 0.6) is 5.75 Å². The van der Waals surface area contributed by atoms with E-state index in [0.717, 1.165) is 11.3 Å². The number of alkyl halides is 1. The number of rotatable bonds is 5. The monoisotopic (exact) mass is 402 g/mol. The van der Waals surface area contributed by atoms with Crippen molar-refractivity contribution in [1.82, 2.24) is 9.97 Å². The maximum absolute atomic E-state index is 14.8. The van der Waals surface area contributed by atoms with Crippen LogP contribution in [0.4, 0.5) is 16.2 Å². The molecular formula is C21H27FN4O3. The van der Waals surface area contributed by atoms with E-state index in [4.69, 9.17) is 9.47 Å². The molecule has 2 fully saturated rings. The summed E-state index contributed by atoms with van der Waals surface area (Å²) >= 11 is 0. The highest BCUT2D eigenvalue weighted by Gasteiger charge is 2.36. The van der Waals surface area contributed by atoms with Crippen LogP contribution >= 0.6 is 0 Å². The number of ether oxygens (including phenoxy) is 2. The van der Waals surface area contributed by atoms with E-state index in [2.05, 4.69) is 9.97 Å². The molecule has 7 nitrogen and oxygen atoms in total. The molecule has 3 heterocycles. The van der Waals surface area contributed by atoms with Crippen LogP contribution in [-0.2, 0) is 11.2 Å². The van der Waals surface area contributed by atoms with Crippen LogP contribution in [0.2, 0.25) is 0 Å². The first-order valence-electron chi connectivity index (χ1n) is 10.1. The summed E-state index contributed by atoms with van der Waals surface area (Å²) in [7, 11) is 1.62. The average Bonchev–Trinajstić information content (AvgIpc) is 3.08. The van der Waals surface area contributed by atoms with E-state index in [-0.39, 0.29) is 11.7 Å². The normalized spacial score (nSPS) is 24.7. The SMILES string of the molecule is COc1ccccc1C[C@@H]1[C@H](F)CCN1c1nc(N2CCO[C@H](C)C2)cc(=O)[nH]1. The summed E-state index contributed by atoms with van der Waals surface area (Å²) in [5.41, 5.74) is 0.706. The standard InChI is InChI=1S/C21H27FN4O3/c1-14-13-25(9-10-29-14)19-12-20(27)24-21(23-19)26-8-7-16(22)17(26)11-15-5-3-4-6-18(15)28-2/h3-6,12,14,16-17H,7-11,13H2,1-2H3,(H,23,24,27)/t14-,16-,17-/m1/s1. The van der Waals surface area contributed by atoms with Crippen molar-refractivity contribution >= 4 is 11.8 Å². The van der Waals surface area contributed by atoms with Crippen LogP contribution in [0, 0.1) is 0 Å². The largest absolute Gasteiger partial charge is 0.496 e. The Morgan fingerprint density at radius 2 is 2.17 bits per heavy atom. The maximum atomic E-state index is 14.8. The average molecular weight is 402 g/mol. The fourth-order valence-corrected chi connectivity index (χ4v) is 4.17. The lowest BCUT2D eigenvalue weighted by Gasteiger charge is -2.33. The molecule has 1 aromatic carbocycles. The number of H-pyrrole nitrogens is 1. The molecule has 4 rings (SSSR count). The van der Waals surface area contributed by atoms with Gasteiger partial charge in [0.2, 0.25) is 5.95 Å².